The van der Waals surface area contributed by atoms with Crippen LogP contribution in [0, 0.1) is 13.8 Å². The zero-order chi connectivity index (χ0) is 12.6. The highest BCUT2D eigenvalue weighted by Gasteiger charge is 2.33. The summed E-state index contributed by atoms with van der Waals surface area (Å²) in [5.74, 6) is -0.212. The molecule has 1 atom stereocenters. The fraction of sp³-hybridized carbons (Fsp3) is 0.385. The minimum absolute atomic E-state index is 0.206. The van der Waals surface area contributed by atoms with E-state index in [1.54, 1.807) is 7.11 Å². The van der Waals surface area contributed by atoms with Crippen LogP contribution in [0.3, 0.4) is 0 Å². The van der Waals surface area contributed by atoms with Gasteiger partial charge < -0.3 is 4.74 Å². The molecular weight excluding hydrogens is 218 g/mol. The van der Waals surface area contributed by atoms with E-state index in [2.05, 4.69) is 5.32 Å². The average molecular weight is 233 g/mol. The molecule has 0 radical (unpaired) electrons. The molecule has 1 fully saturated rings. The summed E-state index contributed by atoms with van der Waals surface area (Å²) in [5, 5.41) is 2.32. The van der Waals surface area contributed by atoms with E-state index in [-0.39, 0.29) is 18.2 Å². The van der Waals surface area contributed by atoms with E-state index in [0.717, 1.165) is 16.7 Å². The molecule has 1 aliphatic rings. The Morgan fingerprint density at radius 1 is 1.24 bits per heavy atom. The van der Waals surface area contributed by atoms with Gasteiger partial charge in [0.25, 0.3) is 0 Å². The molecule has 1 heterocycles. The topological polar surface area (TPSA) is 55.4 Å². The van der Waals surface area contributed by atoms with Crippen molar-refractivity contribution < 1.29 is 14.3 Å². The van der Waals surface area contributed by atoms with Crippen LogP contribution in [0.1, 0.15) is 29.0 Å². The molecule has 4 nitrogen and oxygen atoms in total. The van der Waals surface area contributed by atoms with Gasteiger partial charge in [-0.2, -0.15) is 0 Å². The fourth-order valence-corrected chi connectivity index (χ4v) is 2.07. The van der Waals surface area contributed by atoms with Crippen LogP contribution in [-0.2, 0) is 9.59 Å². The van der Waals surface area contributed by atoms with E-state index in [9.17, 15) is 9.59 Å². The maximum absolute atomic E-state index is 11.7. The molecule has 1 saturated heterocycles. The van der Waals surface area contributed by atoms with Gasteiger partial charge in [-0.3, -0.25) is 14.9 Å². The van der Waals surface area contributed by atoms with Gasteiger partial charge in [-0.25, -0.2) is 0 Å². The Labute approximate surface area is 100.0 Å². The van der Waals surface area contributed by atoms with Crippen LogP contribution in [-0.4, -0.2) is 18.9 Å². The third-order valence-electron chi connectivity index (χ3n) is 3.19. The Hall–Kier alpha value is -1.84. The molecule has 0 bridgehead atoms. The quantitative estimate of drug-likeness (QED) is 0.786. The van der Waals surface area contributed by atoms with E-state index in [0.29, 0.717) is 5.75 Å². The average Bonchev–Trinajstić information content (AvgIpc) is 2.61. The molecule has 1 aromatic rings. The number of nitrogens with one attached hydrogen (secondary N) is 1. The third-order valence-corrected chi connectivity index (χ3v) is 3.19. The molecule has 0 saturated carbocycles. The summed E-state index contributed by atoms with van der Waals surface area (Å²) >= 11 is 0. The lowest BCUT2D eigenvalue weighted by Gasteiger charge is -2.14. The van der Waals surface area contributed by atoms with Crippen molar-refractivity contribution in [1.82, 2.24) is 5.32 Å². The lowest BCUT2D eigenvalue weighted by atomic mass is 9.93. The minimum Gasteiger partial charge on any atom is -0.496 e. The Morgan fingerprint density at radius 3 is 2.41 bits per heavy atom. The molecule has 1 N–H and O–H groups in total. The monoisotopic (exact) mass is 233 g/mol. The number of hydrogen-bond acceptors (Lipinski definition) is 3. The summed E-state index contributed by atoms with van der Waals surface area (Å²) < 4.78 is 5.29. The van der Waals surface area contributed by atoms with E-state index >= 15 is 0 Å². The molecular formula is C13H15NO3. The maximum atomic E-state index is 11.7. The third kappa shape index (κ3) is 2.02. The van der Waals surface area contributed by atoms with Crippen LogP contribution in [0.25, 0.3) is 0 Å². The number of methoxy groups -OCH3 is 1. The van der Waals surface area contributed by atoms with Crippen LogP contribution in [0.2, 0.25) is 0 Å². The van der Waals surface area contributed by atoms with Gasteiger partial charge in [0.15, 0.2) is 0 Å². The molecule has 90 valence electrons. The van der Waals surface area contributed by atoms with Crippen LogP contribution in [0.15, 0.2) is 12.1 Å². The molecule has 0 spiro atoms. The Kier molecular flexibility index (Phi) is 2.88. The molecule has 17 heavy (non-hydrogen) atoms. The molecule has 0 aromatic heterocycles. The van der Waals surface area contributed by atoms with Gasteiger partial charge in [0.1, 0.15) is 5.75 Å². The molecule has 2 amide bonds. The van der Waals surface area contributed by atoms with Gasteiger partial charge in [0, 0.05) is 12.0 Å². The second kappa shape index (κ2) is 4.20. The number of amides is 2. The van der Waals surface area contributed by atoms with E-state index < -0.39 is 5.92 Å². The number of hydrogen-bond donors (Lipinski definition) is 1. The number of rotatable bonds is 2. The van der Waals surface area contributed by atoms with Crippen LogP contribution in [0.4, 0.5) is 0 Å². The van der Waals surface area contributed by atoms with E-state index in [4.69, 9.17) is 4.74 Å². The normalized spacial score (nSPS) is 19.4. The lowest BCUT2D eigenvalue weighted by Crippen LogP contribution is -2.21. The standard InChI is InChI=1S/C13H15NO3/c1-7-4-9(11(17-3)5-8(7)2)10-6-12(15)14-13(10)16/h4-5,10H,6H2,1-3H3,(H,14,15,16). The first-order valence-corrected chi connectivity index (χ1v) is 5.51. The van der Waals surface area contributed by atoms with Crippen molar-refractivity contribution >= 4 is 11.8 Å². The number of aryl methyl sites for hydroxylation is 2. The Bertz CT molecular complexity index is 494. The summed E-state index contributed by atoms with van der Waals surface area (Å²) in [6.45, 7) is 3.97. The highest BCUT2D eigenvalue weighted by molar-refractivity contribution is 6.06. The van der Waals surface area contributed by atoms with Gasteiger partial charge >= 0.3 is 0 Å². The number of carbonyl (C=O) groups is 2. The zero-order valence-corrected chi connectivity index (χ0v) is 10.2. The summed E-state index contributed by atoms with van der Waals surface area (Å²) in [7, 11) is 1.57. The molecule has 1 aliphatic heterocycles. The smallest absolute Gasteiger partial charge is 0.234 e. The van der Waals surface area contributed by atoms with Gasteiger partial charge in [0.2, 0.25) is 11.8 Å². The van der Waals surface area contributed by atoms with Gasteiger partial charge in [-0.15, -0.1) is 0 Å². The first-order valence-electron chi connectivity index (χ1n) is 5.51. The summed E-state index contributed by atoms with van der Waals surface area (Å²) in [4.78, 5) is 22.9. The van der Waals surface area contributed by atoms with E-state index in [1.165, 1.54) is 0 Å². The number of carbonyl (C=O) groups excluding carboxylic acids is 2. The fourth-order valence-electron chi connectivity index (χ4n) is 2.07. The van der Waals surface area contributed by atoms with Gasteiger partial charge in [-0.1, -0.05) is 6.07 Å². The minimum atomic E-state index is -0.420. The molecule has 4 heteroatoms. The highest BCUT2D eigenvalue weighted by Crippen LogP contribution is 2.33. The Balaban J connectivity index is 2.47. The van der Waals surface area contributed by atoms with E-state index in [1.807, 2.05) is 26.0 Å². The van der Waals surface area contributed by atoms with Crippen molar-refractivity contribution in [2.24, 2.45) is 0 Å². The van der Waals surface area contributed by atoms with Crippen molar-refractivity contribution in [3.63, 3.8) is 0 Å². The van der Waals surface area contributed by atoms with Crippen molar-refractivity contribution in [2.75, 3.05) is 7.11 Å². The van der Waals surface area contributed by atoms with Crippen molar-refractivity contribution in [3.05, 3.63) is 28.8 Å². The lowest BCUT2D eigenvalue weighted by molar-refractivity contribution is -0.125. The predicted octanol–water partition coefficient (Wildman–Crippen LogP) is 1.44. The van der Waals surface area contributed by atoms with Crippen LogP contribution < -0.4 is 10.1 Å². The molecule has 0 aliphatic carbocycles. The summed E-state index contributed by atoms with van der Waals surface area (Å²) in [5.41, 5.74) is 2.99. The first kappa shape index (κ1) is 11.6. The summed E-state index contributed by atoms with van der Waals surface area (Å²) in [6, 6.07) is 3.83. The van der Waals surface area contributed by atoms with Crippen LogP contribution in [0.5, 0.6) is 5.75 Å². The van der Waals surface area contributed by atoms with Crippen molar-refractivity contribution in [1.29, 1.82) is 0 Å². The number of benzene rings is 1. The SMILES string of the molecule is COc1cc(C)c(C)cc1C1CC(=O)NC1=O. The molecule has 2 rings (SSSR count). The van der Waals surface area contributed by atoms with Crippen molar-refractivity contribution in [2.45, 2.75) is 26.2 Å². The van der Waals surface area contributed by atoms with Crippen molar-refractivity contribution in [3.8, 4) is 5.75 Å². The zero-order valence-electron chi connectivity index (χ0n) is 10.2. The number of imide groups is 1. The van der Waals surface area contributed by atoms with Crippen LogP contribution >= 0.6 is 0 Å². The predicted molar refractivity (Wildman–Crippen MR) is 63.0 cm³/mol. The van der Waals surface area contributed by atoms with Gasteiger partial charge in [-0.05, 0) is 31.0 Å². The van der Waals surface area contributed by atoms with Gasteiger partial charge in [0.05, 0.1) is 13.0 Å². The first-order chi connectivity index (χ1) is 8.02. The molecule has 1 unspecified atom stereocenters. The molecule has 1 aromatic carbocycles. The second-order valence-corrected chi connectivity index (χ2v) is 4.35. The summed E-state index contributed by atoms with van der Waals surface area (Å²) in [6.07, 6.45) is 0.206. The second-order valence-electron chi connectivity index (χ2n) is 4.35. The maximum Gasteiger partial charge on any atom is 0.234 e. The Morgan fingerprint density at radius 2 is 1.88 bits per heavy atom. The number of ether oxygens (including phenoxy) is 1. The highest BCUT2D eigenvalue weighted by atomic mass is 16.5. The largest absolute Gasteiger partial charge is 0.496 e.